The van der Waals surface area contributed by atoms with Crippen LogP contribution in [0.2, 0.25) is 0 Å². The van der Waals surface area contributed by atoms with Gasteiger partial charge in [-0.3, -0.25) is 4.79 Å². The second-order valence-corrected chi connectivity index (χ2v) is 8.35. The van der Waals surface area contributed by atoms with Crippen molar-refractivity contribution >= 4 is 23.4 Å². The SMILES string of the molecule is COc1ccc(C(C)(C)C)cc1NC(=O)CCc1c(C)nc(SC)nc1C. The Bertz CT molecular complexity index is 806. The van der Waals surface area contributed by atoms with Gasteiger partial charge in [0.05, 0.1) is 12.8 Å². The fourth-order valence-corrected chi connectivity index (χ4v) is 3.34. The first-order valence-electron chi connectivity index (χ1n) is 9.02. The molecule has 1 N–H and O–H groups in total. The number of nitrogens with zero attached hydrogens (tertiary/aromatic N) is 2. The van der Waals surface area contributed by atoms with Crippen molar-refractivity contribution < 1.29 is 9.53 Å². The molecule has 0 saturated carbocycles. The van der Waals surface area contributed by atoms with Crippen LogP contribution in [0.1, 0.15) is 49.7 Å². The van der Waals surface area contributed by atoms with Gasteiger partial charge in [-0.15, -0.1) is 0 Å². The Morgan fingerprint density at radius 1 is 1.19 bits per heavy atom. The number of rotatable bonds is 6. The lowest BCUT2D eigenvalue weighted by molar-refractivity contribution is -0.116. The van der Waals surface area contributed by atoms with Gasteiger partial charge in [-0.05, 0) is 55.2 Å². The van der Waals surface area contributed by atoms with Crippen molar-refractivity contribution in [3.8, 4) is 5.75 Å². The number of thioether (sulfide) groups is 1. The lowest BCUT2D eigenvalue weighted by Gasteiger charge is -2.21. The molecule has 1 heterocycles. The highest BCUT2D eigenvalue weighted by Crippen LogP contribution is 2.31. The lowest BCUT2D eigenvalue weighted by Crippen LogP contribution is -2.16. The van der Waals surface area contributed by atoms with Gasteiger partial charge in [-0.25, -0.2) is 9.97 Å². The molecule has 0 aliphatic carbocycles. The summed E-state index contributed by atoms with van der Waals surface area (Å²) in [6.45, 7) is 10.4. The molecule has 5 nitrogen and oxygen atoms in total. The number of anilines is 1. The zero-order valence-electron chi connectivity index (χ0n) is 17.3. The zero-order chi connectivity index (χ0) is 20.2. The predicted molar refractivity (Wildman–Crippen MR) is 112 cm³/mol. The third kappa shape index (κ3) is 5.45. The monoisotopic (exact) mass is 387 g/mol. The first-order chi connectivity index (χ1) is 12.7. The fourth-order valence-electron chi connectivity index (χ4n) is 2.89. The molecule has 0 fully saturated rings. The average Bonchev–Trinajstić information content (AvgIpc) is 2.59. The summed E-state index contributed by atoms with van der Waals surface area (Å²) in [5.74, 6) is 0.614. The second kappa shape index (κ2) is 8.74. The molecular formula is C21H29N3O2S. The number of aromatic nitrogens is 2. The van der Waals surface area contributed by atoms with Crippen molar-refractivity contribution in [1.82, 2.24) is 9.97 Å². The van der Waals surface area contributed by atoms with E-state index in [1.165, 1.54) is 11.8 Å². The molecule has 1 aromatic carbocycles. The number of benzene rings is 1. The molecule has 0 unspecified atom stereocenters. The molecule has 146 valence electrons. The molecule has 1 aromatic heterocycles. The molecule has 0 aliphatic heterocycles. The quantitative estimate of drug-likeness (QED) is 0.575. The van der Waals surface area contributed by atoms with Crippen LogP contribution >= 0.6 is 11.8 Å². The molecular weight excluding hydrogens is 358 g/mol. The Labute approximate surface area is 166 Å². The van der Waals surface area contributed by atoms with E-state index in [2.05, 4.69) is 36.1 Å². The number of carbonyl (C=O) groups excluding carboxylic acids is 1. The van der Waals surface area contributed by atoms with Crippen LogP contribution in [0.4, 0.5) is 5.69 Å². The van der Waals surface area contributed by atoms with Crippen molar-refractivity contribution in [2.45, 2.75) is 58.0 Å². The summed E-state index contributed by atoms with van der Waals surface area (Å²) in [5, 5.41) is 3.76. The molecule has 2 rings (SSSR count). The number of carbonyl (C=O) groups is 1. The molecule has 0 spiro atoms. The Kier molecular flexibility index (Phi) is 6.87. The zero-order valence-corrected chi connectivity index (χ0v) is 18.1. The van der Waals surface area contributed by atoms with Crippen LogP contribution < -0.4 is 10.1 Å². The van der Waals surface area contributed by atoms with E-state index in [-0.39, 0.29) is 11.3 Å². The van der Waals surface area contributed by atoms with E-state index >= 15 is 0 Å². The topological polar surface area (TPSA) is 64.1 Å². The van der Waals surface area contributed by atoms with Crippen molar-refractivity contribution in [2.75, 3.05) is 18.7 Å². The van der Waals surface area contributed by atoms with Crippen molar-refractivity contribution in [3.05, 3.63) is 40.7 Å². The number of hydrogen-bond donors (Lipinski definition) is 1. The number of amides is 1. The molecule has 0 aliphatic rings. The van der Waals surface area contributed by atoms with Gasteiger partial charge in [-0.1, -0.05) is 38.6 Å². The van der Waals surface area contributed by atoms with Crippen LogP contribution in [0.25, 0.3) is 0 Å². The van der Waals surface area contributed by atoms with E-state index in [0.29, 0.717) is 24.3 Å². The number of nitrogens with one attached hydrogen (secondary N) is 1. The Morgan fingerprint density at radius 3 is 2.33 bits per heavy atom. The lowest BCUT2D eigenvalue weighted by atomic mass is 9.87. The molecule has 0 atom stereocenters. The van der Waals surface area contributed by atoms with Gasteiger partial charge in [0.25, 0.3) is 0 Å². The van der Waals surface area contributed by atoms with Gasteiger partial charge in [0, 0.05) is 17.8 Å². The van der Waals surface area contributed by atoms with Crippen LogP contribution in [0, 0.1) is 13.8 Å². The summed E-state index contributed by atoms with van der Waals surface area (Å²) in [6, 6.07) is 5.93. The maximum absolute atomic E-state index is 12.5. The van der Waals surface area contributed by atoms with Crippen LogP contribution in [0.3, 0.4) is 0 Å². The average molecular weight is 388 g/mol. The summed E-state index contributed by atoms with van der Waals surface area (Å²) >= 11 is 1.52. The van der Waals surface area contributed by atoms with Crippen LogP contribution in [-0.4, -0.2) is 29.2 Å². The third-order valence-electron chi connectivity index (χ3n) is 4.52. The van der Waals surface area contributed by atoms with E-state index in [1.54, 1.807) is 7.11 Å². The fraction of sp³-hybridized carbons (Fsp3) is 0.476. The van der Waals surface area contributed by atoms with E-state index in [4.69, 9.17) is 4.74 Å². The summed E-state index contributed by atoms with van der Waals surface area (Å²) in [4.78, 5) is 21.5. The van der Waals surface area contributed by atoms with E-state index in [9.17, 15) is 4.79 Å². The van der Waals surface area contributed by atoms with Crippen LogP contribution in [0.15, 0.2) is 23.4 Å². The number of hydrogen-bond acceptors (Lipinski definition) is 5. The van der Waals surface area contributed by atoms with E-state index in [0.717, 1.165) is 27.7 Å². The van der Waals surface area contributed by atoms with E-state index in [1.807, 2.05) is 38.3 Å². The summed E-state index contributed by atoms with van der Waals surface area (Å²) in [7, 11) is 1.61. The van der Waals surface area contributed by atoms with Gasteiger partial charge in [0.15, 0.2) is 5.16 Å². The molecule has 0 saturated heterocycles. The number of aryl methyl sites for hydroxylation is 2. The normalized spacial score (nSPS) is 11.4. The molecule has 2 aromatic rings. The maximum Gasteiger partial charge on any atom is 0.224 e. The number of ether oxygens (including phenoxy) is 1. The highest BCUT2D eigenvalue weighted by molar-refractivity contribution is 7.98. The predicted octanol–water partition coefficient (Wildman–Crippen LogP) is 4.69. The molecule has 0 radical (unpaired) electrons. The Morgan fingerprint density at radius 2 is 1.81 bits per heavy atom. The first-order valence-corrected chi connectivity index (χ1v) is 10.2. The Hall–Kier alpha value is -2.08. The van der Waals surface area contributed by atoms with Gasteiger partial charge < -0.3 is 10.1 Å². The van der Waals surface area contributed by atoms with E-state index < -0.39 is 0 Å². The maximum atomic E-state index is 12.5. The third-order valence-corrected chi connectivity index (χ3v) is 5.07. The molecule has 1 amide bonds. The standard InChI is InChI=1S/C21H29N3O2S/c1-13-16(14(2)23-20(22-13)27-7)9-11-19(25)24-17-12-15(21(3,4)5)8-10-18(17)26-6/h8,10,12H,9,11H2,1-7H3,(H,24,25). The second-order valence-electron chi connectivity index (χ2n) is 7.57. The van der Waals surface area contributed by atoms with Crippen LogP contribution in [0.5, 0.6) is 5.75 Å². The summed E-state index contributed by atoms with van der Waals surface area (Å²) in [6.07, 6.45) is 2.94. The minimum atomic E-state index is -0.0490. The first kappa shape index (κ1) is 21.2. The van der Waals surface area contributed by atoms with Crippen molar-refractivity contribution in [3.63, 3.8) is 0 Å². The molecule has 6 heteroatoms. The highest BCUT2D eigenvalue weighted by atomic mass is 32.2. The highest BCUT2D eigenvalue weighted by Gasteiger charge is 2.17. The summed E-state index contributed by atoms with van der Waals surface area (Å²) in [5.41, 5.74) is 4.76. The molecule has 27 heavy (non-hydrogen) atoms. The number of methoxy groups -OCH3 is 1. The van der Waals surface area contributed by atoms with Crippen molar-refractivity contribution in [2.24, 2.45) is 0 Å². The molecule has 0 bridgehead atoms. The van der Waals surface area contributed by atoms with Gasteiger partial charge in [0.2, 0.25) is 5.91 Å². The smallest absolute Gasteiger partial charge is 0.224 e. The largest absolute Gasteiger partial charge is 0.495 e. The minimum Gasteiger partial charge on any atom is -0.495 e. The summed E-state index contributed by atoms with van der Waals surface area (Å²) < 4.78 is 5.40. The van der Waals surface area contributed by atoms with Crippen LogP contribution in [-0.2, 0) is 16.6 Å². The Balaban J connectivity index is 2.12. The van der Waals surface area contributed by atoms with Gasteiger partial charge in [-0.2, -0.15) is 0 Å². The van der Waals surface area contributed by atoms with Crippen molar-refractivity contribution in [1.29, 1.82) is 0 Å². The van der Waals surface area contributed by atoms with Gasteiger partial charge in [0.1, 0.15) is 5.75 Å². The van der Waals surface area contributed by atoms with Gasteiger partial charge >= 0.3 is 0 Å². The minimum absolute atomic E-state index is 0.00362.